The Kier molecular flexibility index (Phi) is 8.67. The van der Waals surface area contributed by atoms with E-state index in [0.29, 0.717) is 0 Å². The van der Waals surface area contributed by atoms with E-state index in [9.17, 15) is 23.9 Å². The summed E-state index contributed by atoms with van der Waals surface area (Å²) in [5, 5.41) is 9.38. The monoisotopic (exact) mass is 558 g/mol. The number of hydrazine groups is 1. The quantitative estimate of drug-likeness (QED) is 0.435. The first-order valence-electron chi connectivity index (χ1n) is 11.0. The molecule has 1 fully saturated rings. The fourth-order valence-corrected chi connectivity index (χ4v) is 3.96. The van der Waals surface area contributed by atoms with Gasteiger partial charge in [-0.3, -0.25) is 25.3 Å². The molecular formula is C23H25Cl2FN4O7. The Labute approximate surface area is 221 Å². The van der Waals surface area contributed by atoms with Crippen molar-refractivity contribution in [2.24, 2.45) is 0 Å². The van der Waals surface area contributed by atoms with Gasteiger partial charge in [0.25, 0.3) is 11.8 Å². The predicted molar refractivity (Wildman–Crippen MR) is 131 cm³/mol. The van der Waals surface area contributed by atoms with Gasteiger partial charge in [-0.25, -0.2) is 14.2 Å². The molecular weight excluding hydrogens is 534 g/mol. The number of rotatable bonds is 7. The SMILES string of the molecule is CC(C)Oc1ncc(C(=O)NNC(=O)c2cc(F)c(OCC3COC(C)(C)N3C(=O)O)cc2Cl)cc1Cl. The Balaban J connectivity index is 1.62. The van der Waals surface area contributed by atoms with Crippen molar-refractivity contribution >= 4 is 41.1 Å². The van der Waals surface area contributed by atoms with Crippen LogP contribution in [-0.4, -0.2) is 64.0 Å². The highest BCUT2D eigenvalue weighted by molar-refractivity contribution is 6.34. The minimum atomic E-state index is -1.21. The van der Waals surface area contributed by atoms with Gasteiger partial charge >= 0.3 is 6.09 Å². The third-order valence-corrected chi connectivity index (χ3v) is 5.77. The van der Waals surface area contributed by atoms with Gasteiger partial charge in [0.2, 0.25) is 5.88 Å². The van der Waals surface area contributed by atoms with E-state index in [-0.39, 0.29) is 52.1 Å². The molecule has 0 radical (unpaired) electrons. The molecule has 1 atom stereocenters. The predicted octanol–water partition coefficient (Wildman–Crippen LogP) is 3.88. The van der Waals surface area contributed by atoms with Crippen LogP contribution in [0.1, 0.15) is 48.4 Å². The van der Waals surface area contributed by atoms with Crippen LogP contribution in [0.15, 0.2) is 24.4 Å². The van der Waals surface area contributed by atoms with Crippen LogP contribution in [0.25, 0.3) is 0 Å². The van der Waals surface area contributed by atoms with Crippen LogP contribution < -0.4 is 20.3 Å². The average Bonchev–Trinajstić information content (AvgIpc) is 3.12. The molecule has 0 aliphatic carbocycles. The molecule has 3 amide bonds. The van der Waals surface area contributed by atoms with Gasteiger partial charge in [0.05, 0.1) is 34.9 Å². The highest BCUT2D eigenvalue weighted by atomic mass is 35.5. The number of carbonyl (C=O) groups excluding carboxylic acids is 2. The topological polar surface area (TPSA) is 139 Å². The van der Waals surface area contributed by atoms with Crippen LogP contribution in [-0.2, 0) is 4.74 Å². The second-order valence-electron chi connectivity index (χ2n) is 8.72. The molecule has 3 rings (SSSR count). The van der Waals surface area contributed by atoms with E-state index in [1.54, 1.807) is 27.7 Å². The number of halogens is 3. The van der Waals surface area contributed by atoms with Crippen LogP contribution in [0.4, 0.5) is 9.18 Å². The van der Waals surface area contributed by atoms with Gasteiger partial charge in [0.1, 0.15) is 17.4 Å². The highest BCUT2D eigenvalue weighted by Gasteiger charge is 2.44. The van der Waals surface area contributed by atoms with Crippen molar-refractivity contribution in [2.75, 3.05) is 13.2 Å². The number of amides is 3. The van der Waals surface area contributed by atoms with Gasteiger partial charge in [-0.2, -0.15) is 0 Å². The van der Waals surface area contributed by atoms with E-state index in [4.69, 9.17) is 37.4 Å². The third kappa shape index (κ3) is 6.70. The molecule has 1 aromatic carbocycles. The maximum atomic E-state index is 14.7. The van der Waals surface area contributed by atoms with Crippen LogP contribution >= 0.6 is 23.2 Å². The summed E-state index contributed by atoms with van der Waals surface area (Å²) in [6.07, 6.45) is -0.165. The number of carboxylic acid groups (broad SMARTS) is 1. The Morgan fingerprint density at radius 1 is 1.22 bits per heavy atom. The normalized spacial score (nSPS) is 16.4. The molecule has 3 N–H and O–H groups in total. The minimum absolute atomic E-state index is 0.0388. The molecule has 1 aliphatic rings. The van der Waals surface area contributed by atoms with Crippen molar-refractivity contribution in [3.63, 3.8) is 0 Å². The minimum Gasteiger partial charge on any atom is -0.488 e. The maximum absolute atomic E-state index is 14.7. The number of pyridine rings is 1. The summed E-state index contributed by atoms with van der Waals surface area (Å²) in [5.41, 5.74) is 3.00. The zero-order valence-electron chi connectivity index (χ0n) is 20.3. The number of hydrogen-bond acceptors (Lipinski definition) is 7. The lowest BCUT2D eigenvalue weighted by Gasteiger charge is -2.30. The van der Waals surface area contributed by atoms with Gasteiger partial charge in [0.15, 0.2) is 11.6 Å². The molecule has 1 aliphatic heterocycles. The van der Waals surface area contributed by atoms with Gasteiger partial charge in [0, 0.05) is 12.3 Å². The first-order valence-corrected chi connectivity index (χ1v) is 11.8. The number of carbonyl (C=O) groups is 3. The molecule has 0 spiro atoms. The lowest BCUT2D eigenvalue weighted by atomic mass is 10.2. The second-order valence-corrected chi connectivity index (χ2v) is 9.54. The first kappa shape index (κ1) is 28.2. The lowest BCUT2D eigenvalue weighted by Crippen LogP contribution is -2.49. The summed E-state index contributed by atoms with van der Waals surface area (Å²) in [6, 6.07) is 2.54. The smallest absolute Gasteiger partial charge is 0.410 e. The number of nitrogens with zero attached hydrogens (tertiary/aromatic N) is 2. The summed E-state index contributed by atoms with van der Waals surface area (Å²) >= 11 is 12.2. The molecule has 200 valence electrons. The number of aromatic nitrogens is 1. The van der Waals surface area contributed by atoms with E-state index in [2.05, 4.69) is 15.8 Å². The standard InChI is InChI=1S/C23H25Cl2FN4O7/c1-11(2)37-21-16(25)5-12(8-27-21)19(31)28-29-20(32)14-6-17(26)18(7-15(14)24)35-9-13-10-36-23(3,4)30(13)22(33)34/h5-8,11,13H,9-10H2,1-4H3,(H,28,31)(H,29,32)(H,33,34). The van der Waals surface area contributed by atoms with Crippen LogP contribution in [0.5, 0.6) is 11.6 Å². The van der Waals surface area contributed by atoms with Gasteiger partial charge in [-0.1, -0.05) is 23.2 Å². The largest absolute Gasteiger partial charge is 0.488 e. The summed E-state index contributed by atoms with van der Waals surface area (Å²) in [4.78, 5) is 41.5. The zero-order valence-corrected chi connectivity index (χ0v) is 21.8. The molecule has 2 heterocycles. The Morgan fingerprint density at radius 3 is 2.51 bits per heavy atom. The Hall–Kier alpha value is -3.35. The van der Waals surface area contributed by atoms with Crippen molar-refractivity contribution in [3.8, 4) is 11.6 Å². The zero-order chi connectivity index (χ0) is 27.5. The van der Waals surface area contributed by atoms with Crippen molar-refractivity contribution in [1.29, 1.82) is 0 Å². The van der Waals surface area contributed by atoms with Crippen molar-refractivity contribution in [3.05, 3.63) is 51.4 Å². The van der Waals surface area contributed by atoms with Gasteiger partial charge in [-0.15, -0.1) is 0 Å². The lowest BCUT2D eigenvalue weighted by molar-refractivity contribution is -0.0430. The number of hydrogen-bond donors (Lipinski definition) is 3. The van der Waals surface area contributed by atoms with Crippen LogP contribution in [0.2, 0.25) is 10.0 Å². The molecule has 14 heteroatoms. The fourth-order valence-electron chi connectivity index (χ4n) is 3.50. The highest BCUT2D eigenvalue weighted by Crippen LogP contribution is 2.30. The number of nitrogens with one attached hydrogen (secondary N) is 2. The van der Waals surface area contributed by atoms with E-state index in [1.807, 2.05) is 0 Å². The second kappa shape index (κ2) is 11.4. The molecule has 0 saturated carbocycles. The Morgan fingerprint density at radius 2 is 1.89 bits per heavy atom. The fraction of sp³-hybridized carbons (Fsp3) is 0.391. The van der Waals surface area contributed by atoms with Crippen molar-refractivity contribution in [1.82, 2.24) is 20.7 Å². The van der Waals surface area contributed by atoms with Gasteiger partial charge < -0.3 is 19.3 Å². The van der Waals surface area contributed by atoms with Crippen LogP contribution in [0, 0.1) is 5.82 Å². The third-order valence-electron chi connectivity index (χ3n) is 5.18. The average molecular weight is 559 g/mol. The van der Waals surface area contributed by atoms with Crippen molar-refractivity contribution < 1.29 is 38.1 Å². The summed E-state index contributed by atoms with van der Waals surface area (Å²) in [7, 11) is 0. The van der Waals surface area contributed by atoms with E-state index in [0.717, 1.165) is 17.0 Å². The number of ether oxygens (including phenoxy) is 3. The molecule has 0 bridgehead atoms. The molecule has 11 nitrogen and oxygen atoms in total. The molecule has 1 aromatic heterocycles. The molecule has 1 unspecified atom stereocenters. The van der Waals surface area contributed by atoms with E-state index in [1.165, 1.54) is 12.3 Å². The summed E-state index contributed by atoms with van der Waals surface area (Å²) in [5.74, 6) is -2.69. The van der Waals surface area contributed by atoms with Gasteiger partial charge in [-0.05, 0) is 39.8 Å². The van der Waals surface area contributed by atoms with E-state index >= 15 is 0 Å². The summed E-state index contributed by atoms with van der Waals surface area (Å²) in [6.45, 7) is 6.61. The first-order chi connectivity index (χ1) is 17.3. The summed E-state index contributed by atoms with van der Waals surface area (Å²) < 4.78 is 31.0. The number of benzene rings is 1. The van der Waals surface area contributed by atoms with E-state index < -0.39 is 35.5 Å². The van der Waals surface area contributed by atoms with Crippen molar-refractivity contribution in [2.45, 2.75) is 45.6 Å². The molecule has 37 heavy (non-hydrogen) atoms. The van der Waals surface area contributed by atoms with Crippen LogP contribution in [0.3, 0.4) is 0 Å². The maximum Gasteiger partial charge on any atom is 0.410 e. The molecule has 1 saturated heterocycles. The molecule has 2 aromatic rings. The Bertz CT molecular complexity index is 1210.